The zero-order chi connectivity index (χ0) is 19.4. The van der Waals surface area contributed by atoms with Crippen molar-refractivity contribution in [1.29, 1.82) is 0 Å². The maximum atomic E-state index is 12.8. The van der Waals surface area contributed by atoms with Crippen molar-refractivity contribution in [3.05, 3.63) is 52.1 Å². The Labute approximate surface area is 167 Å². The molecule has 0 spiro atoms. The Hall–Kier alpha value is -2.45. The van der Waals surface area contributed by atoms with Crippen LogP contribution in [0.2, 0.25) is 0 Å². The third-order valence-electron chi connectivity index (χ3n) is 4.26. The zero-order valence-corrected chi connectivity index (χ0v) is 17.1. The first-order chi connectivity index (χ1) is 13.0. The molecule has 3 aromatic rings. The first-order valence-corrected chi connectivity index (χ1v) is 10.0. The van der Waals surface area contributed by atoms with Crippen molar-refractivity contribution in [2.75, 3.05) is 6.61 Å². The van der Waals surface area contributed by atoms with Gasteiger partial charge >= 0.3 is 0 Å². The van der Waals surface area contributed by atoms with Crippen molar-refractivity contribution < 1.29 is 9.53 Å². The molecule has 27 heavy (non-hydrogen) atoms. The van der Waals surface area contributed by atoms with Crippen LogP contribution < -0.4 is 10.1 Å². The molecular weight excluding hydrogens is 380 g/mol. The summed E-state index contributed by atoms with van der Waals surface area (Å²) in [5.41, 5.74) is 1.01. The predicted octanol–water partition coefficient (Wildman–Crippen LogP) is 4.51. The molecule has 2 unspecified atom stereocenters. The highest BCUT2D eigenvalue weighted by atomic mass is 32.1. The van der Waals surface area contributed by atoms with Crippen LogP contribution in [0.1, 0.15) is 38.4 Å². The van der Waals surface area contributed by atoms with E-state index in [1.807, 2.05) is 62.5 Å². The Kier molecular flexibility index (Phi) is 6.08. The molecule has 3 rings (SSSR count). The van der Waals surface area contributed by atoms with E-state index in [-0.39, 0.29) is 11.9 Å². The highest BCUT2D eigenvalue weighted by molar-refractivity contribution is 7.71. The topological polar surface area (TPSA) is 71.9 Å². The van der Waals surface area contributed by atoms with Gasteiger partial charge < -0.3 is 10.1 Å². The molecule has 0 saturated heterocycles. The number of aromatic nitrogens is 3. The van der Waals surface area contributed by atoms with Crippen molar-refractivity contribution in [3.8, 4) is 16.5 Å². The highest BCUT2D eigenvalue weighted by Gasteiger charge is 2.22. The van der Waals surface area contributed by atoms with Gasteiger partial charge in [0.1, 0.15) is 11.8 Å². The van der Waals surface area contributed by atoms with E-state index in [0.29, 0.717) is 17.2 Å². The Morgan fingerprint density at radius 1 is 1.33 bits per heavy atom. The van der Waals surface area contributed by atoms with E-state index in [2.05, 4.69) is 15.5 Å². The van der Waals surface area contributed by atoms with Crippen molar-refractivity contribution in [2.45, 2.75) is 32.9 Å². The number of ether oxygens (including phenoxy) is 1. The molecule has 0 bridgehead atoms. The molecule has 6 nitrogen and oxygen atoms in total. The molecule has 1 aromatic carbocycles. The van der Waals surface area contributed by atoms with Gasteiger partial charge in [0.05, 0.1) is 17.5 Å². The highest BCUT2D eigenvalue weighted by Crippen LogP contribution is 2.26. The van der Waals surface area contributed by atoms with E-state index in [1.165, 1.54) is 0 Å². The van der Waals surface area contributed by atoms with Gasteiger partial charge in [-0.25, -0.2) is 0 Å². The Balaban J connectivity index is 1.75. The van der Waals surface area contributed by atoms with Crippen molar-refractivity contribution in [1.82, 2.24) is 20.1 Å². The minimum atomic E-state index is -0.488. The summed E-state index contributed by atoms with van der Waals surface area (Å²) in [6, 6.07) is 11.0. The number of H-pyrrole nitrogens is 1. The lowest BCUT2D eigenvalue weighted by Gasteiger charge is -2.20. The van der Waals surface area contributed by atoms with Gasteiger partial charge in [-0.3, -0.25) is 14.5 Å². The summed E-state index contributed by atoms with van der Waals surface area (Å²) in [5, 5.41) is 12.1. The minimum absolute atomic E-state index is 0.119. The fraction of sp³-hybridized carbons (Fsp3) is 0.316. The van der Waals surface area contributed by atoms with E-state index < -0.39 is 6.04 Å². The molecule has 0 aliphatic carbocycles. The summed E-state index contributed by atoms with van der Waals surface area (Å²) >= 11 is 6.90. The summed E-state index contributed by atoms with van der Waals surface area (Å²) in [4.78, 5) is 13.8. The molecule has 0 saturated carbocycles. The Bertz CT molecular complexity index is 945. The average Bonchev–Trinajstić information content (AvgIpc) is 3.31. The number of thiophene rings is 1. The summed E-state index contributed by atoms with van der Waals surface area (Å²) in [6.45, 7) is 6.35. The lowest BCUT2D eigenvalue weighted by Crippen LogP contribution is -2.33. The summed E-state index contributed by atoms with van der Waals surface area (Å²) < 4.78 is 7.64. The van der Waals surface area contributed by atoms with Crippen LogP contribution in [-0.4, -0.2) is 27.3 Å². The fourth-order valence-corrected chi connectivity index (χ4v) is 3.80. The number of benzene rings is 1. The molecule has 142 valence electrons. The SMILES string of the molecule is CCOc1ccc(C(C)NC(=O)C(C)n2c(-c3cccs3)n[nH]c2=S)cc1. The predicted molar refractivity (Wildman–Crippen MR) is 110 cm³/mol. The second kappa shape index (κ2) is 8.49. The number of hydrogen-bond donors (Lipinski definition) is 2. The lowest BCUT2D eigenvalue weighted by molar-refractivity contribution is -0.124. The van der Waals surface area contributed by atoms with Crippen LogP contribution in [0, 0.1) is 4.77 Å². The number of nitrogens with zero attached hydrogens (tertiary/aromatic N) is 2. The largest absolute Gasteiger partial charge is 0.494 e. The number of carbonyl (C=O) groups excluding carboxylic acids is 1. The molecule has 2 aromatic heterocycles. The minimum Gasteiger partial charge on any atom is -0.494 e. The molecule has 2 heterocycles. The van der Waals surface area contributed by atoms with E-state index >= 15 is 0 Å². The summed E-state index contributed by atoms with van der Waals surface area (Å²) in [5.74, 6) is 1.37. The van der Waals surface area contributed by atoms with Crippen LogP contribution in [0.5, 0.6) is 5.75 Å². The smallest absolute Gasteiger partial charge is 0.243 e. The first-order valence-electron chi connectivity index (χ1n) is 8.75. The van der Waals surface area contributed by atoms with E-state index in [0.717, 1.165) is 16.2 Å². The van der Waals surface area contributed by atoms with Crippen molar-refractivity contribution in [2.24, 2.45) is 0 Å². The molecule has 0 radical (unpaired) electrons. The molecular formula is C19H22N4O2S2. The maximum Gasteiger partial charge on any atom is 0.243 e. The van der Waals surface area contributed by atoms with Gasteiger partial charge in [0.15, 0.2) is 10.6 Å². The van der Waals surface area contributed by atoms with Crippen LogP contribution in [0.3, 0.4) is 0 Å². The zero-order valence-electron chi connectivity index (χ0n) is 15.4. The van der Waals surface area contributed by atoms with Gasteiger partial charge in [0, 0.05) is 0 Å². The summed E-state index contributed by atoms with van der Waals surface area (Å²) in [6.07, 6.45) is 0. The van der Waals surface area contributed by atoms with Gasteiger partial charge in [-0.1, -0.05) is 18.2 Å². The number of hydrogen-bond acceptors (Lipinski definition) is 5. The third-order valence-corrected chi connectivity index (χ3v) is 5.42. The van der Waals surface area contributed by atoms with Crippen LogP contribution in [0.15, 0.2) is 41.8 Å². The Morgan fingerprint density at radius 3 is 2.70 bits per heavy atom. The van der Waals surface area contributed by atoms with Crippen LogP contribution in [0.4, 0.5) is 0 Å². The van der Waals surface area contributed by atoms with Crippen molar-refractivity contribution >= 4 is 29.5 Å². The average molecular weight is 403 g/mol. The van der Waals surface area contributed by atoms with Gasteiger partial charge in [-0.2, -0.15) is 5.10 Å². The number of rotatable bonds is 7. The number of aromatic amines is 1. The van der Waals surface area contributed by atoms with E-state index in [4.69, 9.17) is 17.0 Å². The summed E-state index contributed by atoms with van der Waals surface area (Å²) in [7, 11) is 0. The quantitative estimate of drug-likeness (QED) is 0.571. The molecule has 0 aliphatic rings. The van der Waals surface area contributed by atoms with Crippen LogP contribution in [-0.2, 0) is 4.79 Å². The molecule has 0 aliphatic heterocycles. The van der Waals surface area contributed by atoms with Crippen LogP contribution in [0.25, 0.3) is 10.7 Å². The molecule has 8 heteroatoms. The maximum absolute atomic E-state index is 12.8. The lowest BCUT2D eigenvalue weighted by atomic mass is 10.1. The number of carbonyl (C=O) groups is 1. The van der Waals surface area contributed by atoms with Crippen LogP contribution >= 0.6 is 23.6 Å². The second-order valence-electron chi connectivity index (χ2n) is 6.11. The monoisotopic (exact) mass is 402 g/mol. The van der Waals surface area contributed by atoms with Gasteiger partial charge in [-0.05, 0) is 62.1 Å². The first kappa shape index (κ1) is 19.3. The Morgan fingerprint density at radius 2 is 2.07 bits per heavy atom. The van der Waals surface area contributed by atoms with Crippen molar-refractivity contribution in [3.63, 3.8) is 0 Å². The second-order valence-corrected chi connectivity index (χ2v) is 7.44. The molecule has 0 fully saturated rings. The molecule has 1 amide bonds. The van der Waals surface area contributed by atoms with E-state index in [9.17, 15) is 4.79 Å². The van der Waals surface area contributed by atoms with Gasteiger partial charge in [0.25, 0.3) is 0 Å². The molecule has 2 atom stereocenters. The molecule has 2 N–H and O–H groups in total. The third kappa shape index (κ3) is 4.28. The van der Waals surface area contributed by atoms with E-state index in [1.54, 1.807) is 15.9 Å². The van der Waals surface area contributed by atoms with Gasteiger partial charge in [-0.15, -0.1) is 11.3 Å². The van der Waals surface area contributed by atoms with Gasteiger partial charge in [0.2, 0.25) is 5.91 Å². The number of amides is 1. The number of nitrogens with one attached hydrogen (secondary N) is 2. The standard InChI is InChI=1S/C19H22N4O2S2/c1-4-25-15-9-7-14(8-10-15)12(2)20-18(24)13(3)23-17(21-22-19(23)26)16-6-5-11-27-16/h5-13H,4H2,1-3H3,(H,20,24)(H,22,26). The normalized spacial score (nSPS) is 13.1. The fourth-order valence-electron chi connectivity index (χ4n) is 2.80.